The summed E-state index contributed by atoms with van der Waals surface area (Å²) in [5, 5.41) is 10.4. The first kappa shape index (κ1) is 22.1. The molecule has 4 rings (SSSR count). The molecule has 1 aliphatic rings. The average Bonchev–Trinajstić information content (AvgIpc) is 3.50. The van der Waals surface area contributed by atoms with E-state index in [1.165, 1.54) is 37.5 Å². The molecular weight excluding hydrogens is 452 g/mol. The van der Waals surface area contributed by atoms with E-state index in [1.807, 2.05) is 0 Å². The van der Waals surface area contributed by atoms with E-state index in [-0.39, 0.29) is 28.7 Å². The van der Waals surface area contributed by atoms with Crippen LogP contribution in [0.25, 0.3) is 17.4 Å². The van der Waals surface area contributed by atoms with Gasteiger partial charge in [-0.3, -0.25) is 24.6 Å². The van der Waals surface area contributed by atoms with E-state index in [4.69, 9.17) is 8.83 Å². The summed E-state index contributed by atoms with van der Waals surface area (Å²) in [7, 11) is 1.22. The van der Waals surface area contributed by atoms with Crippen molar-refractivity contribution in [1.29, 1.82) is 0 Å². The third-order valence-corrected chi connectivity index (χ3v) is 5.73. The number of rotatable bonds is 6. The van der Waals surface area contributed by atoms with Crippen molar-refractivity contribution >= 4 is 40.6 Å². The second-order valence-electron chi connectivity index (χ2n) is 6.98. The molecule has 1 aromatic carbocycles. The molecule has 0 unspecified atom stereocenters. The van der Waals surface area contributed by atoms with Crippen LogP contribution in [0.5, 0.6) is 0 Å². The fraction of sp³-hybridized carbons (Fsp3) is 0.136. The largest absolute Gasteiger partial charge is 0.463 e. The molecule has 0 bridgehead atoms. The minimum absolute atomic E-state index is 0.0213. The van der Waals surface area contributed by atoms with Crippen LogP contribution in [0.1, 0.15) is 27.6 Å². The molecule has 0 saturated carbocycles. The molecule has 0 spiro atoms. The van der Waals surface area contributed by atoms with Crippen molar-refractivity contribution in [1.82, 2.24) is 4.90 Å². The molecule has 10 nitrogen and oxygen atoms in total. The van der Waals surface area contributed by atoms with Gasteiger partial charge in [0, 0.05) is 23.8 Å². The van der Waals surface area contributed by atoms with E-state index >= 15 is 0 Å². The summed E-state index contributed by atoms with van der Waals surface area (Å²) in [6.45, 7) is 1.60. The van der Waals surface area contributed by atoms with Gasteiger partial charge >= 0.3 is 5.97 Å². The highest BCUT2D eigenvalue weighted by Crippen LogP contribution is 2.35. The summed E-state index contributed by atoms with van der Waals surface area (Å²) in [6, 6.07) is 10.6. The van der Waals surface area contributed by atoms with Crippen LogP contribution in [-0.4, -0.2) is 34.0 Å². The van der Waals surface area contributed by atoms with Crippen LogP contribution in [0.15, 0.2) is 56.2 Å². The van der Waals surface area contributed by atoms with E-state index in [0.29, 0.717) is 22.6 Å². The zero-order valence-corrected chi connectivity index (χ0v) is 18.2. The Morgan fingerprint density at radius 3 is 2.67 bits per heavy atom. The molecule has 3 heterocycles. The lowest BCUT2D eigenvalue weighted by atomic mass is 10.1. The predicted octanol–water partition coefficient (Wildman–Crippen LogP) is 4.78. The number of esters is 1. The number of hydrogen-bond acceptors (Lipinski definition) is 9. The first-order chi connectivity index (χ1) is 15.8. The molecule has 3 aromatic rings. The predicted molar refractivity (Wildman–Crippen MR) is 117 cm³/mol. The molecule has 1 aliphatic heterocycles. The van der Waals surface area contributed by atoms with Gasteiger partial charge in [0.25, 0.3) is 16.8 Å². The Hall–Kier alpha value is -4.12. The van der Waals surface area contributed by atoms with Gasteiger partial charge in [-0.1, -0.05) is 0 Å². The maximum atomic E-state index is 12.7. The quantitative estimate of drug-likeness (QED) is 0.217. The molecule has 0 N–H and O–H groups in total. The molecule has 1 saturated heterocycles. The highest BCUT2D eigenvalue weighted by molar-refractivity contribution is 8.18. The fourth-order valence-electron chi connectivity index (χ4n) is 3.21. The van der Waals surface area contributed by atoms with Gasteiger partial charge in [-0.15, -0.1) is 0 Å². The van der Waals surface area contributed by atoms with Gasteiger partial charge in [-0.05, 0) is 54.6 Å². The van der Waals surface area contributed by atoms with Crippen LogP contribution in [-0.2, 0) is 16.1 Å². The van der Waals surface area contributed by atoms with Crippen LogP contribution in [0.4, 0.5) is 10.5 Å². The number of furan rings is 2. The Labute approximate surface area is 190 Å². The number of benzene rings is 1. The summed E-state index contributed by atoms with van der Waals surface area (Å²) < 4.78 is 15.7. The smallest absolute Gasteiger partial charge is 0.373 e. The number of carbonyl (C=O) groups excluding carboxylic acids is 3. The molecule has 2 amide bonds. The van der Waals surface area contributed by atoms with Gasteiger partial charge in [-0.2, -0.15) is 0 Å². The number of amides is 2. The van der Waals surface area contributed by atoms with Gasteiger partial charge in [0.15, 0.2) is 0 Å². The molecular formula is C22H16N2O8S. The van der Waals surface area contributed by atoms with E-state index in [9.17, 15) is 24.5 Å². The minimum Gasteiger partial charge on any atom is -0.463 e. The number of aryl methyl sites for hydroxylation is 1. The van der Waals surface area contributed by atoms with Crippen LogP contribution >= 0.6 is 11.8 Å². The van der Waals surface area contributed by atoms with Crippen molar-refractivity contribution in [3.63, 3.8) is 0 Å². The zero-order chi connectivity index (χ0) is 23.7. The zero-order valence-electron chi connectivity index (χ0n) is 17.4. The van der Waals surface area contributed by atoms with E-state index in [1.54, 1.807) is 25.1 Å². The highest BCUT2D eigenvalue weighted by Gasteiger charge is 2.36. The van der Waals surface area contributed by atoms with Gasteiger partial charge < -0.3 is 13.6 Å². The number of nitrogens with zero attached hydrogens (tertiary/aromatic N) is 2. The monoisotopic (exact) mass is 468 g/mol. The molecule has 33 heavy (non-hydrogen) atoms. The van der Waals surface area contributed by atoms with E-state index in [2.05, 4.69) is 4.74 Å². The first-order valence-corrected chi connectivity index (χ1v) is 10.4. The summed E-state index contributed by atoms with van der Waals surface area (Å²) in [4.78, 5) is 48.2. The van der Waals surface area contributed by atoms with Gasteiger partial charge in [0.1, 0.15) is 17.3 Å². The van der Waals surface area contributed by atoms with E-state index < -0.39 is 22.0 Å². The number of hydrogen-bond donors (Lipinski definition) is 0. The van der Waals surface area contributed by atoms with Crippen molar-refractivity contribution in [3.05, 3.63) is 80.3 Å². The van der Waals surface area contributed by atoms with Crippen LogP contribution in [0.2, 0.25) is 0 Å². The van der Waals surface area contributed by atoms with Crippen LogP contribution in [0.3, 0.4) is 0 Å². The minimum atomic E-state index is -0.660. The lowest BCUT2D eigenvalue weighted by Gasteiger charge is -2.09. The lowest BCUT2D eigenvalue weighted by Crippen LogP contribution is -2.27. The van der Waals surface area contributed by atoms with Crippen molar-refractivity contribution < 1.29 is 32.9 Å². The molecule has 0 atom stereocenters. The first-order valence-electron chi connectivity index (χ1n) is 9.54. The maximum Gasteiger partial charge on any atom is 0.373 e. The second kappa shape index (κ2) is 8.79. The Morgan fingerprint density at radius 1 is 1.18 bits per heavy atom. The topological polar surface area (TPSA) is 133 Å². The lowest BCUT2D eigenvalue weighted by molar-refractivity contribution is -0.384. The number of nitro groups is 1. The highest BCUT2D eigenvalue weighted by atomic mass is 32.2. The van der Waals surface area contributed by atoms with E-state index in [0.717, 1.165) is 16.7 Å². The fourth-order valence-corrected chi connectivity index (χ4v) is 4.03. The van der Waals surface area contributed by atoms with Gasteiger partial charge in [0.05, 0.1) is 23.5 Å². The number of methoxy groups -OCH3 is 1. The van der Waals surface area contributed by atoms with Crippen LogP contribution in [0, 0.1) is 17.0 Å². The molecule has 1 fully saturated rings. The Kier molecular flexibility index (Phi) is 5.88. The number of imide groups is 1. The van der Waals surface area contributed by atoms with Crippen molar-refractivity contribution in [2.24, 2.45) is 0 Å². The van der Waals surface area contributed by atoms with Gasteiger partial charge in [-0.25, -0.2) is 4.79 Å². The third-order valence-electron chi connectivity index (χ3n) is 4.82. The van der Waals surface area contributed by atoms with Crippen molar-refractivity contribution in [2.75, 3.05) is 7.11 Å². The SMILES string of the molecule is COC(=O)c1ccc(CN2C(=O)S/C(=C\c3ccc(-c4ccc([N+](=O)[O-])cc4C)o3)C2=O)o1. The van der Waals surface area contributed by atoms with Crippen molar-refractivity contribution in [2.45, 2.75) is 13.5 Å². The van der Waals surface area contributed by atoms with Crippen LogP contribution < -0.4 is 0 Å². The molecule has 0 aliphatic carbocycles. The Balaban J connectivity index is 1.51. The number of nitro benzene ring substituents is 1. The average molecular weight is 468 g/mol. The molecule has 0 radical (unpaired) electrons. The Bertz CT molecular complexity index is 1320. The summed E-state index contributed by atoms with van der Waals surface area (Å²) in [6.07, 6.45) is 1.46. The molecule has 168 valence electrons. The molecule has 11 heteroatoms. The standard InChI is InChI=1S/C22H16N2O8S/c1-12-9-13(24(28)29)3-6-16(12)17-7-4-14(31-17)10-19-20(25)23(22(27)33-19)11-15-5-8-18(32-15)21(26)30-2/h3-10H,11H2,1-2H3/b19-10-. The maximum absolute atomic E-state index is 12.7. The third kappa shape index (κ3) is 4.44. The number of thioether (sulfide) groups is 1. The summed E-state index contributed by atoms with van der Waals surface area (Å²) in [5.41, 5.74) is 1.31. The van der Waals surface area contributed by atoms with Crippen molar-refractivity contribution in [3.8, 4) is 11.3 Å². The Morgan fingerprint density at radius 2 is 1.97 bits per heavy atom. The summed E-state index contributed by atoms with van der Waals surface area (Å²) in [5.74, 6) is -0.136. The second-order valence-corrected chi connectivity index (χ2v) is 7.98. The van der Waals surface area contributed by atoms with Gasteiger partial charge in [0.2, 0.25) is 5.76 Å². The number of non-ortho nitro benzene ring substituents is 1. The number of carbonyl (C=O) groups is 3. The number of ether oxygens (including phenoxy) is 1. The summed E-state index contributed by atoms with van der Waals surface area (Å²) >= 11 is 0.757. The molecule has 2 aromatic heterocycles. The normalized spacial score (nSPS) is 14.8.